The second-order valence-corrected chi connectivity index (χ2v) is 5.19. The van der Waals surface area contributed by atoms with Gasteiger partial charge in [0.05, 0.1) is 5.75 Å². The third-order valence-corrected chi connectivity index (χ3v) is 2.95. The molecule has 16 heavy (non-hydrogen) atoms. The molecule has 0 saturated carbocycles. The Morgan fingerprint density at radius 2 is 1.88 bits per heavy atom. The maximum absolute atomic E-state index is 11.6. The van der Waals surface area contributed by atoms with Crippen molar-refractivity contribution in [3.05, 3.63) is 0 Å². The van der Waals surface area contributed by atoms with E-state index in [1.807, 2.05) is 0 Å². The number of aliphatic carboxylic acids is 1. The number of halogens is 3. The van der Waals surface area contributed by atoms with Gasteiger partial charge in [-0.3, -0.25) is 4.79 Å². The van der Waals surface area contributed by atoms with Gasteiger partial charge in [-0.25, -0.2) is 8.42 Å². The van der Waals surface area contributed by atoms with E-state index < -0.39 is 40.1 Å². The van der Waals surface area contributed by atoms with Crippen LogP contribution in [0.2, 0.25) is 0 Å². The van der Waals surface area contributed by atoms with Crippen molar-refractivity contribution < 1.29 is 36.2 Å². The number of sulfone groups is 1. The highest BCUT2D eigenvalue weighted by atomic mass is 32.2. The molecule has 0 unspecified atom stereocenters. The summed E-state index contributed by atoms with van der Waals surface area (Å²) >= 11 is 0. The Hall–Kier alpha value is -0.830. The Morgan fingerprint density at radius 1 is 1.31 bits per heavy atom. The molecule has 0 spiro atoms. The Morgan fingerprint density at radius 3 is 2.31 bits per heavy atom. The topological polar surface area (TPSA) is 80.7 Å². The van der Waals surface area contributed by atoms with Gasteiger partial charge in [0.25, 0.3) is 0 Å². The molecule has 0 aromatic heterocycles. The highest BCUT2D eigenvalue weighted by molar-refractivity contribution is 7.92. The van der Waals surface area contributed by atoms with Crippen molar-refractivity contribution in [1.82, 2.24) is 0 Å². The van der Waals surface area contributed by atoms with Crippen LogP contribution in [0.15, 0.2) is 0 Å². The molecule has 0 bridgehead atoms. The summed E-state index contributed by atoms with van der Waals surface area (Å²) in [5.74, 6) is -3.01. The quantitative estimate of drug-likeness (QED) is 0.675. The molecule has 1 N–H and O–H groups in total. The highest BCUT2D eigenvalue weighted by Gasteiger charge is 2.27. The zero-order valence-electron chi connectivity index (χ0n) is 8.16. The van der Waals surface area contributed by atoms with Gasteiger partial charge >= 0.3 is 12.1 Å². The fourth-order valence-corrected chi connectivity index (χ4v) is 1.91. The van der Waals surface area contributed by atoms with Gasteiger partial charge in [0.15, 0.2) is 9.84 Å². The van der Waals surface area contributed by atoms with Gasteiger partial charge in [-0.15, -0.1) is 0 Å². The van der Waals surface area contributed by atoms with Gasteiger partial charge in [-0.2, -0.15) is 13.2 Å². The van der Waals surface area contributed by atoms with Gasteiger partial charge in [-0.05, 0) is 6.42 Å². The third-order valence-electron chi connectivity index (χ3n) is 1.35. The standard InChI is InChI=1S/C7H11F3O5S/c8-7(9,10)5-15-2-1-3-16(13,14)4-6(11)12/h1-5H2,(H,11,12). The summed E-state index contributed by atoms with van der Waals surface area (Å²) in [7, 11) is -3.76. The van der Waals surface area contributed by atoms with E-state index in [2.05, 4.69) is 4.74 Å². The lowest BCUT2D eigenvalue weighted by Crippen LogP contribution is -2.21. The van der Waals surface area contributed by atoms with E-state index >= 15 is 0 Å². The second kappa shape index (κ2) is 6.04. The predicted molar refractivity (Wildman–Crippen MR) is 47.8 cm³/mol. The van der Waals surface area contributed by atoms with E-state index in [-0.39, 0.29) is 13.0 Å². The molecule has 0 heterocycles. The molecule has 0 aliphatic heterocycles. The zero-order valence-corrected chi connectivity index (χ0v) is 8.97. The fourth-order valence-electron chi connectivity index (χ4n) is 0.829. The van der Waals surface area contributed by atoms with E-state index in [4.69, 9.17) is 5.11 Å². The Balaban J connectivity index is 3.71. The first-order valence-corrected chi connectivity index (χ1v) is 6.01. The molecule has 0 amide bonds. The molecule has 0 saturated heterocycles. The SMILES string of the molecule is O=C(O)CS(=O)(=O)CCCOCC(F)(F)F. The lowest BCUT2D eigenvalue weighted by Gasteiger charge is -2.07. The van der Waals surface area contributed by atoms with Crippen LogP contribution in [-0.4, -0.2) is 50.4 Å². The predicted octanol–water partition coefficient (Wildman–Crippen LogP) is 0.455. The summed E-state index contributed by atoms with van der Waals surface area (Å²) in [6, 6.07) is 0. The summed E-state index contributed by atoms with van der Waals surface area (Å²) < 4.78 is 60.8. The van der Waals surface area contributed by atoms with Crippen LogP contribution in [0.4, 0.5) is 13.2 Å². The largest absolute Gasteiger partial charge is 0.480 e. The molecule has 0 atom stereocenters. The average Bonchev–Trinajstić information content (AvgIpc) is 1.98. The Kier molecular flexibility index (Phi) is 5.73. The number of hydrogen-bond donors (Lipinski definition) is 1. The monoisotopic (exact) mass is 264 g/mol. The molecule has 9 heteroatoms. The van der Waals surface area contributed by atoms with E-state index in [0.29, 0.717) is 0 Å². The number of carboxylic acids is 1. The van der Waals surface area contributed by atoms with Gasteiger partial charge in [0.2, 0.25) is 0 Å². The minimum absolute atomic E-state index is 0.161. The summed E-state index contributed by atoms with van der Waals surface area (Å²) in [5, 5.41) is 8.20. The molecular formula is C7H11F3O5S. The molecule has 0 aromatic carbocycles. The maximum atomic E-state index is 11.6. The lowest BCUT2D eigenvalue weighted by molar-refractivity contribution is -0.173. The van der Waals surface area contributed by atoms with E-state index in [9.17, 15) is 26.4 Å². The third kappa shape index (κ3) is 9.71. The van der Waals surface area contributed by atoms with Gasteiger partial charge < -0.3 is 9.84 Å². The summed E-state index contributed by atoms with van der Waals surface area (Å²) in [6.07, 6.45) is -4.61. The van der Waals surface area contributed by atoms with E-state index in [0.717, 1.165) is 0 Å². The number of carboxylic acid groups (broad SMARTS) is 1. The van der Waals surface area contributed by atoms with Crippen LogP contribution in [0, 0.1) is 0 Å². The number of hydrogen-bond acceptors (Lipinski definition) is 4. The van der Waals surface area contributed by atoms with Crippen molar-refractivity contribution >= 4 is 15.8 Å². The fraction of sp³-hybridized carbons (Fsp3) is 0.857. The molecule has 0 radical (unpaired) electrons. The Bertz CT molecular complexity index is 321. The molecule has 0 aromatic rings. The van der Waals surface area contributed by atoms with Crippen LogP contribution in [0.25, 0.3) is 0 Å². The summed E-state index contributed by atoms with van der Waals surface area (Å²) in [4.78, 5) is 10.1. The molecule has 0 fully saturated rings. The highest BCUT2D eigenvalue weighted by Crippen LogP contribution is 2.14. The minimum atomic E-state index is -4.44. The zero-order chi connectivity index (χ0) is 12.8. The van der Waals surface area contributed by atoms with Crippen molar-refractivity contribution in [2.24, 2.45) is 0 Å². The van der Waals surface area contributed by atoms with Crippen LogP contribution in [0.1, 0.15) is 6.42 Å². The summed E-state index contributed by atoms with van der Waals surface area (Å²) in [6.45, 7) is -1.82. The van der Waals surface area contributed by atoms with Crippen LogP contribution < -0.4 is 0 Å². The maximum Gasteiger partial charge on any atom is 0.411 e. The van der Waals surface area contributed by atoms with E-state index in [1.54, 1.807) is 0 Å². The first kappa shape index (κ1) is 15.2. The van der Waals surface area contributed by atoms with Crippen LogP contribution in [0.5, 0.6) is 0 Å². The molecule has 0 aliphatic carbocycles. The van der Waals surface area contributed by atoms with Crippen LogP contribution in [0.3, 0.4) is 0 Å². The summed E-state index contributed by atoms with van der Waals surface area (Å²) in [5.41, 5.74) is 0. The first-order chi connectivity index (χ1) is 7.12. The normalized spacial score (nSPS) is 12.7. The molecule has 96 valence electrons. The van der Waals surface area contributed by atoms with Crippen molar-refractivity contribution in [2.75, 3.05) is 24.7 Å². The van der Waals surface area contributed by atoms with Crippen molar-refractivity contribution in [3.8, 4) is 0 Å². The average molecular weight is 264 g/mol. The second-order valence-electron chi connectivity index (χ2n) is 3.01. The number of alkyl halides is 3. The lowest BCUT2D eigenvalue weighted by atomic mass is 10.5. The van der Waals surface area contributed by atoms with Crippen LogP contribution >= 0.6 is 0 Å². The smallest absolute Gasteiger partial charge is 0.411 e. The Labute approximate surface area is 90.1 Å². The van der Waals surface area contributed by atoms with Crippen LogP contribution in [-0.2, 0) is 19.4 Å². The molecular weight excluding hydrogens is 253 g/mol. The number of rotatable bonds is 7. The van der Waals surface area contributed by atoms with Gasteiger partial charge in [0.1, 0.15) is 12.4 Å². The molecule has 5 nitrogen and oxygen atoms in total. The van der Waals surface area contributed by atoms with Gasteiger partial charge in [0, 0.05) is 6.61 Å². The van der Waals surface area contributed by atoms with Crippen molar-refractivity contribution in [2.45, 2.75) is 12.6 Å². The van der Waals surface area contributed by atoms with Gasteiger partial charge in [-0.1, -0.05) is 0 Å². The molecule has 0 aliphatic rings. The molecule has 0 rings (SSSR count). The number of ether oxygens (including phenoxy) is 1. The first-order valence-electron chi connectivity index (χ1n) is 4.19. The van der Waals surface area contributed by atoms with E-state index in [1.165, 1.54) is 0 Å². The number of carbonyl (C=O) groups is 1. The van der Waals surface area contributed by atoms with Crippen molar-refractivity contribution in [1.29, 1.82) is 0 Å². The van der Waals surface area contributed by atoms with Crippen molar-refractivity contribution in [3.63, 3.8) is 0 Å². The minimum Gasteiger partial charge on any atom is -0.480 e.